The molecule has 0 aromatic rings. The molecule has 7 fully saturated rings. The molecule has 17 heteroatoms. The van der Waals surface area contributed by atoms with Crippen LogP contribution in [-0.4, -0.2) is 168 Å². The second-order valence-corrected chi connectivity index (χ2v) is 23.1. The lowest BCUT2D eigenvalue weighted by Gasteiger charge is -2.72. The van der Waals surface area contributed by atoms with Gasteiger partial charge in [0.25, 0.3) is 0 Å². The predicted octanol–water partition coefficient (Wildman–Crippen LogP) is 1.34. The molecule has 24 unspecified atom stereocenters. The van der Waals surface area contributed by atoms with E-state index in [1.54, 1.807) is 0 Å². The van der Waals surface area contributed by atoms with Crippen LogP contribution in [0.25, 0.3) is 0 Å². The van der Waals surface area contributed by atoms with Crippen LogP contribution in [0.2, 0.25) is 0 Å². The van der Waals surface area contributed by atoms with E-state index in [0.717, 1.165) is 44.9 Å². The largest absolute Gasteiger partial charge is 0.479 e. The zero-order chi connectivity index (χ0) is 46.9. The number of rotatable bonds is 9. The number of ether oxygens (including phenoxy) is 6. The highest BCUT2D eigenvalue weighted by Crippen LogP contribution is 2.76. The van der Waals surface area contributed by atoms with Gasteiger partial charge in [0.05, 0.1) is 31.5 Å². The number of aliphatic carboxylic acids is 1. The molecule has 3 heterocycles. The van der Waals surface area contributed by atoms with Crippen LogP contribution in [0.5, 0.6) is 0 Å². The molecule has 10 N–H and O–H groups in total. The molecule has 17 nitrogen and oxygen atoms in total. The van der Waals surface area contributed by atoms with Gasteiger partial charge in [-0.2, -0.15) is 0 Å². The fourth-order valence-electron chi connectivity index (χ4n) is 14.9. The Bertz CT molecular complexity index is 1760. The molecular formula is C47H76O17. The van der Waals surface area contributed by atoms with Crippen molar-refractivity contribution in [2.75, 3.05) is 13.2 Å². The fourth-order valence-corrected chi connectivity index (χ4v) is 14.9. The van der Waals surface area contributed by atoms with Crippen LogP contribution in [0.4, 0.5) is 0 Å². The average Bonchev–Trinajstić information content (AvgIpc) is 3.50. The first-order chi connectivity index (χ1) is 29.8. The summed E-state index contributed by atoms with van der Waals surface area (Å²) >= 11 is 0. The lowest BCUT2D eigenvalue weighted by atomic mass is 9.33. The molecule has 0 radical (unpaired) electrons. The number of hydrogen-bond acceptors (Lipinski definition) is 16. The van der Waals surface area contributed by atoms with Gasteiger partial charge in [-0.15, -0.1) is 0 Å². The van der Waals surface area contributed by atoms with Gasteiger partial charge in [0.2, 0.25) is 0 Å². The maximum Gasteiger partial charge on any atom is 0.335 e. The zero-order valence-corrected chi connectivity index (χ0v) is 38.7. The summed E-state index contributed by atoms with van der Waals surface area (Å²) in [6.07, 6.45) is -14.1. The SMILES string of the molecule is CC1OC(OC2C(OC3CCC4(C)C(CCC5(C)C4CC=C4C6CC(C)(C)CC(O)C6(C)CCC45C)C3(C)CO)OC(C(=O)O)C(O)C2O)C(OC2OC(CO)C(O)C2O)C(O)C1O. The Morgan fingerprint density at radius 1 is 0.688 bits per heavy atom. The number of carboxylic acid groups (broad SMARTS) is 1. The monoisotopic (exact) mass is 913 g/mol. The van der Waals surface area contributed by atoms with E-state index in [4.69, 9.17) is 28.4 Å². The highest BCUT2D eigenvalue weighted by Gasteiger charge is 2.70. The molecule has 4 saturated carbocycles. The third-order valence-corrected chi connectivity index (χ3v) is 19.2. The molecule has 0 bridgehead atoms. The molecule has 0 aromatic carbocycles. The van der Waals surface area contributed by atoms with Gasteiger partial charge in [0.15, 0.2) is 25.0 Å². The molecule has 0 spiro atoms. The predicted molar refractivity (Wildman–Crippen MR) is 225 cm³/mol. The van der Waals surface area contributed by atoms with Crippen molar-refractivity contribution in [3.63, 3.8) is 0 Å². The van der Waals surface area contributed by atoms with Gasteiger partial charge in [-0.3, -0.25) is 0 Å². The number of carbonyl (C=O) groups is 1. The summed E-state index contributed by atoms with van der Waals surface area (Å²) in [4.78, 5) is 12.4. The van der Waals surface area contributed by atoms with Crippen molar-refractivity contribution in [3.8, 4) is 0 Å². The van der Waals surface area contributed by atoms with Crippen molar-refractivity contribution in [3.05, 3.63) is 11.6 Å². The topological polar surface area (TPSA) is 275 Å². The zero-order valence-electron chi connectivity index (χ0n) is 38.7. The number of hydrogen-bond donors (Lipinski definition) is 10. The van der Waals surface area contributed by atoms with Crippen LogP contribution in [-0.2, 0) is 33.2 Å². The van der Waals surface area contributed by atoms with E-state index in [-0.39, 0.29) is 51.6 Å². The molecular weight excluding hydrogens is 837 g/mol. The summed E-state index contributed by atoms with van der Waals surface area (Å²) < 4.78 is 36.2. The molecule has 3 saturated heterocycles. The summed E-state index contributed by atoms with van der Waals surface area (Å²) in [6, 6.07) is 0. The van der Waals surface area contributed by atoms with Crippen LogP contribution in [0, 0.1) is 50.2 Å². The van der Waals surface area contributed by atoms with Crippen molar-refractivity contribution < 1.29 is 84.3 Å². The van der Waals surface area contributed by atoms with Crippen LogP contribution in [0.15, 0.2) is 11.6 Å². The summed E-state index contributed by atoms with van der Waals surface area (Å²) in [5.74, 6) is -1.06. The van der Waals surface area contributed by atoms with Gasteiger partial charge < -0.3 is 79.5 Å². The van der Waals surface area contributed by atoms with E-state index in [1.165, 1.54) is 12.5 Å². The standard InChI is InChI=1S/C47H76O17/c1-21-29(51)31(53)36(63-39-34(56)30(52)24(19-48)60-39)40(59-21)64-37-33(55)32(54)35(38(57)58)62-41(37)61-28-12-13-44(5)25(45(28,6)20-49)11-14-47(8)26(44)10-9-22-23-17-42(2,3)18-27(50)43(23,4)15-16-46(22,47)7/h9,21,23-37,39-41,48-56H,10-20H2,1-8H3,(H,57,58). The summed E-state index contributed by atoms with van der Waals surface area (Å²) in [7, 11) is 0. The molecule has 0 aromatic heterocycles. The molecule has 8 rings (SSSR count). The van der Waals surface area contributed by atoms with Crippen molar-refractivity contribution >= 4 is 5.97 Å². The molecule has 24 atom stereocenters. The summed E-state index contributed by atoms with van der Waals surface area (Å²) in [5, 5.41) is 109. The lowest BCUT2D eigenvalue weighted by Crippen LogP contribution is -2.68. The number of carboxylic acids is 1. The van der Waals surface area contributed by atoms with Crippen LogP contribution < -0.4 is 0 Å². The van der Waals surface area contributed by atoms with Gasteiger partial charge in [-0.25, -0.2) is 4.79 Å². The maximum atomic E-state index is 12.4. The van der Waals surface area contributed by atoms with Crippen LogP contribution in [0.1, 0.15) is 113 Å². The van der Waals surface area contributed by atoms with Gasteiger partial charge in [-0.1, -0.05) is 60.1 Å². The second-order valence-electron chi connectivity index (χ2n) is 23.1. The Kier molecular flexibility index (Phi) is 13.0. The van der Waals surface area contributed by atoms with Crippen molar-refractivity contribution in [1.82, 2.24) is 0 Å². The third kappa shape index (κ3) is 7.40. The summed E-state index contributed by atoms with van der Waals surface area (Å²) in [6.45, 7) is 16.6. The lowest BCUT2D eigenvalue weighted by molar-refractivity contribution is -0.384. The highest BCUT2D eigenvalue weighted by atomic mass is 16.8. The van der Waals surface area contributed by atoms with E-state index in [1.807, 2.05) is 6.92 Å². The van der Waals surface area contributed by atoms with E-state index >= 15 is 0 Å². The van der Waals surface area contributed by atoms with Gasteiger partial charge in [0, 0.05) is 10.8 Å². The molecule has 64 heavy (non-hydrogen) atoms. The Labute approximate surface area is 376 Å². The number of allylic oxidation sites excluding steroid dienone is 2. The Balaban J connectivity index is 1.07. The van der Waals surface area contributed by atoms with Gasteiger partial charge in [-0.05, 0) is 104 Å². The Morgan fingerprint density at radius 3 is 1.95 bits per heavy atom. The molecule has 0 amide bonds. The molecule has 3 aliphatic heterocycles. The van der Waals surface area contributed by atoms with E-state index in [2.05, 4.69) is 47.6 Å². The average molecular weight is 913 g/mol. The van der Waals surface area contributed by atoms with Crippen LogP contribution >= 0.6 is 0 Å². The van der Waals surface area contributed by atoms with Crippen molar-refractivity contribution in [2.45, 2.75) is 211 Å². The molecule has 366 valence electrons. The minimum absolute atomic E-state index is 0.0283. The minimum Gasteiger partial charge on any atom is -0.479 e. The maximum absolute atomic E-state index is 12.4. The summed E-state index contributed by atoms with van der Waals surface area (Å²) in [5.41, 5.74) is 0.0873. The third-order valence-electron chi connectivity index (χ3n) is 19.2. The molecule has 5 aliphatic carbocycles. The first kappa shape index (κ1) is 49.0. The van der Waals surface area contributed by atoms with E-state index in [0.29, 0.717) is 18.8 Å². The van der Waals surface area contributed by atoms with Gasteiger partial charge in [0.1, 0.15) is 54.9 Å². The second kappa shape index (κ2) is 16.9. The van der Waals surface area contributed by atoms with E-state index < -0.39 is 110 Å². The smallest absolute Gasteiger partial charge is 0.335 e. The van der Waals surface area contributed by atoms with Crippen LogP contribution in [0.3, 0.4) is 0 Å². The van der Waals surface area contributed by atoms with Crippen molar-refractivity contribution in [2.24, 2.45) is 50.2 Å². The van der Waals surface area contributed by atoms with Gasteiger partial charge >= 0.3 is 5.97 Å². The minimum atomic E-state index is -2.01. The number of aliphatic hydroxyl groups is 9. The first-order valence-electron chi connectivity index (χ1n) is 23.7. The Morgan fingerprint density at radius 2 is 1.33 bits per heavy atom. The van der Waals surface area contributed by atoms with Crippen molar-refractivity contribution in [1.29, 1.82) is 0 Å². The highest BCUT2D eigenvalue weighted by molar-refractivity contribution is 5.73. The number of fused-ring (bicyclic) bond motifs is 7. The van der Waals surface area contributed by atoms with E-state index in [9.17, 15) is 55.9 Å². The Hall–Kier alpha value is -1.39. The number of aliphatic hydroxyl groups excluding tert-OH is 9. The first-order valence-corrected chi connectivity index (χ1v) is 23.7. The normalized spacial score (nSPS) is 56.0. The molecule has 8 aliphatic rings. The quantitative estimate of drug-likeness (QED) is 0.116. The fraction of sp³-hybridized carbons (Fsp3) is 0.936.